The second-order valence-electron chi connectivity index (χ2n) is 3.10. The Hall–Kier alpha value is -0.980. The Kier molecular flexibility index (Phi) is 6.30. The van der Waals surface area contributed by atoms with Crippen LogP contribution in [0.25, 0.3) is 0 Å². The van der Waals surface area contributed by atoms with E-state index >= 15 is 0 Å². The summed E-state index contributed by atoms with van der Waals surface area (Å²) in [5.41, 5.74) is 5.04. The van der Waals surface area contributed by atoms with Crippen molar-refractivity contribution in [2.24, 2.45) is 5.73 Å². The highest BCUT2D eigenvalue weighted by Crippen LogP contribution is 2.15. The molecule has 0 aliphatic rings. The van der Waals surface area contributed by atoms with E-state index in [0.29, 0.717) is 0 Å². The van der Waals surface area contributed by atoms with Crippen LogP contribution in [0, 0.1) is 5.82 Å². The molecule has 0 atom stereocenters. The molecule has 17 heavy (non-hydrogen) atoms. The van der Waals surface area contributed by atoms with Crippen LogP contribution in [0.4, 0.5) is 8.78 Å². The molecule has 0 saturated carbocycles. The molecular weight excluding hydrogens is 272 g/mol. The lowest BCUT2D eigenvalue weighted by Crippen LogP contribution is -2.08. The zero-order valence-electron chi connectivity index (χ0n) is 8.77. The molecule has 2 N–H and O–H groups in total. The Morgan fingerprint density at radius 1 is 1.41 bits per heavy atom. The van der Waals surface area contributed by atoms with Gasteiger partial charge in [0.15, 0.2) is 9.84 Å². The lowest BCUT2D eigenvalue weighted by molar-refractivity contribution is 0.579. The molecule has 0 spiro atoms. The molecule has 0 aromatic heterocycles. The molecule has 0 fully saturated rings. The number of benzene rings is 1. The fraction of sp³-hybridized carbons (Fsp3) is 0.200. The molecule has 0 aliphatic carbocycles. The van der Waals surface area contributed by atoms with Crippen LogP contribution in [0.1, 0.15) is 0 Å². The van der Waals surface area contributed by atoms with Gasteiger partial charge in [-0.15, -0.1) is 12.4 Å². The Labute approximate surface area is 105 Å². The van der Waals surface area contributed by atoms with Crippen LogP contribution >= 0.6 is 12.4 Å². The third-order valence-electron chi connectivity index (χ3n) is 1.82. The van der Waals surface area contributed by atoms with E-state index < -0.39 is 27.2 Å². The van der Waals surface area contributed by atoms with Gasteiger partial charge in [-0.2, -0.15) is 0 Å². The fourth-order valence-corrected chi connectivity index (χ4v) is 2.34. The summed E-state index contributed by atoms with van der Waals surface area (Å²) in [6, 6.07) is 4.44. The maximum atomic E-state index is 13.0. The molecule has 96 valence electrons. The van der Waals surface area contributed by atoms with Gasteiger partial charge >= 0.3 is 0 Å². The normalized spacial score (nSPS) is 12.1. The van der Waals surface area contributed by atoms with Crippen LogP contribution < -0.4 is 5.73 Å². The van der Waals surface area contributed by atoms with Crippen molar-refractivity contribution in [3.63, 3.8) is 0 Å². The lowest BCUT2D eigenvalue weighted by Gasteiger charge is -2.02. The second kappa shape index (κ2) is 6.68. The van der Waals surface area contributed by atoms with Crippen LogP contribution in [-0.4, -0.2) is 20.7 Å². The van der Waals surface area contributed by atoms with Crippen molar-refractivity contribution in [3.05, 3.63) is 42.0 Å². The van der Waals surface area contributed by atoms with Gasteiger partial charge in [0.1, 0.15) is 17.4 Å². The molecule has 0 saturated heterocycles. The minimum absolute atomic E-state index is 0. The van der Waals surface area contributed by atoms with Crippen LogP contribution in [0.3, 0.4) is 0 Å². The quantitative estimate of drug-likeness (QED) is 0.917. The van der Waals surface area contributed by atoms with Gasteiger partial charge in [0.25, 0.3) is 0 Å². The van der Waals surface area contributed by atoms with Crippen LogP contribution in [0.15, 0.2) is 41.1 Å². The SMILES string of the molecule is Cl.NC/C=C(\F)CS(=O)(=O)c1cccc(F)c1. The molecule has 0 bridgehead atoms. The van der Waals surface area contributed by atoms with E-state index in [9.17, 15) is 17.2 Å². The Bertz CT molecular complexity index is 503. The first-order valence-corrected chi connectivity index (χ1v) is 6.14. The van der Waals surface area contributed by atoms with Crippen molar-refractivity contribution in [1.82, 2.24) is 0 Å². The number of sulfone groups is 1. The summed E-state index contributed by atoms with van der Waals surface area (Å²) in [6.45, 7) is -0.0789. The van der Waals surface area contributed by atoms with Gasteiger partial charge in [0.2, 0.25) is 0 Å². The Balaban J connectivity index is 0.00000256. The highest BCUT2D eigenvalue weighted by molar-refractivity contribution is 7.91. The molecule has 0 amide bonds. The number of nitrogens with two attached hydrogens (primary N) is 1. The molecule has 7 heteroatoms. The minimum atomic E-state index is -3.84. The summed E-state index contributed by atoms with van der Waals surface area (Å²) < 4.78 is 48.9. The molecule has 1 rings (SSSR count). The standard InChI is InChI=1S/C10H11F2NO2S.ClH/c11-8-2-1-3-10(6-8)16(14,15)7-9(12)4-5-13;/h1-4,6H,5,7,13H2;1H/b9-4-;. The van der Waals surface area contributed by atoms with Gasteiger partial charge in [-0.05, 0) is 24.3 Å². The third-order valence-corrected chi connectivity index (χ3v) is 3.45. The first-order chi connectivity index (χ1) is 7.45. The van der Waals surface area contributed by atoms with Crippen LogP contribution in [0.2, 0.25) is 0 Å². The first-order valence-electron chi connectivity index (χ1n) is 4.48. The van der Waals surface area contributed by atoms with Gasteiger partial charge in [0, 0.05) is 6.54 Å². The second-order valence-corrected chi connectivity index (χ2v) is 5.09. The topological polar surface area (TPSA) is 60.2 Å². The average molecular weight is 284 g/mol. The molecule has 0 radical (unpaired) electrons. The number of hydrogen-bond acceptors (Lipinski definition) is 3. The smallest absolute Gasteiger partial charge is 0.184 e. The summed E-state index contributed by atoms with van der Waals surface area (Å²) in [6.07, 6.45) is 0.969. The van der Waals surface area contributed by atoms with Gasteiger partial charge in [0.05, 0.1) is 4.90 Å². The predicted molar refractivity (Wildman–Crippen MR) is 63.9 cm³/mol. The zero-order valence-corrected chi connectivity index (χ0v) is 10.4. The molecule has 1 aromatic carbocycles. The van der Waals surface area contributed by atoms with Gasteiger partial charge in [-0.25, -0.2) is 17.2 Å². The molecule has 0 aliphatic heterocycles. The summed E-state index contributed by atoms with van der Waals surface area (Å²) in [4.78, 5) is -0.243. The van der Waals surface area contributed by atoms with E-state index in [1.807, 2.05) is 0 Å². The van der Waals surface area contributed by atoms with Crippen LogP contribution in [0.5, 0.6) is 0 Å². The van der Waals surface area contributed by atoms with E-state index in [2.05, 4.69) is 0 Å². The van der Waals surface area contributed by atoms with Crippen molar-refractivity contribution in [2.75, 3.05) is 12.3 Å². The van der Waals surface area contributed by atoms with Crippen molar-refractivity contribution >= 4 is 22.2 Å². The van der Waals surface area contributed by atoms with Crippen molar-refractivity contribution < 1.29 is 17.2 Å². The highest BCUT2D eigenvalue weighted by Gasteiger charge is 2.17. The maximum Gasteiger partial charge on any atom is 0.184 e. The average Bonchev–Trinajstić information content (AvgIpc) is 2.17. The van der Waals surface area contributed by atoms with Crippen LogP contribution in [-0.2, 0) is 9.84 Å². The van der Waals surface area contributed by atoms with Crippen molar-refractivity contribution in [2.45, 2.75) is 4.90 Å². The molecule has 0 unspecified atom stereocenters. The van der Waals surface area contributed by atoms with Crippen molar-refractivity contribution in [1.29, 1.82) is 0 Å². The maximum absolute atomic E-state index is 13.0. The number of hydrogen-bond donors (Lipinski definition) is 1. The van der Waals surface area contributed by atoms with Gasteiger partial charge < -0.3 is 5.73 Å². The van der Waals surface area contributed by atoms with E-state index in [-0.39, 0.29) is 23.8 Å². The number of halogens is 3. The summed E-state index contributed by atoms with van der Waals surface area (Å²) in [7, 11) is -3.84. The predicted octanol–water partition coefficient (Wildman–Crippen LogP) is 1.83. The zero-order chi connectivity index (χ0) is 12.2. The largest absolute Gasteiger partial charge is 0.327 e. The lowest BCUT2D eigenvalue weighted by atomic mass is 10.4. The minimum Gasteiger partial charge on any atom is -0.327 e. The molecule has 3 nitrogen and oxygen atoms in total. The molecular formula is C10H12ClF2NO2S. The summed E-state index contributed by atoms with van der Waals surface area (Å²) >= 11 is 0. The summed E-state index contributed by atoms with van der Waals surface area (Å²) in [5.74, 6) is -2.32. The molecule has 1 aromatic rings. The van der Waals surface area contributed by atoms with Gasteiger partial charge in [-0.3, -0.25) is 0 Å². The Morgan fingerprint density at radius 2 is 2.06 bits per heavy atom. The Morgan fingerprint density at radius 3 is 2.59 bits per heavy atom. The fourth-order valence-electron chi connectivity index (χ4n) is 1.11. The van der Waals surface area contributed by atoms with E-state index in [1.165, 1.54) is 12.1 Å². The third kappa shape index (κ3) is 4.80. The van der Waals surface area contributed by atoms with Gasteiger partial charge in [-0.1, -0.05) is 6.07 Å². The van der Waals surface area contributed by atoms with E-state index in [0.717, 1.165) is 18.2 Å². The number of rotatable bonds is 4. The van der Waals surface area contributed by atoms with Crippen molar-refractivity contribution in [3.8, 4) is 0 Å². The monoisotopic (exact) mass is 283 g/mol. The highest BCUT2D eigenvalue weighted by atomic mass is 35.5. The van der Waals surface area contributed by atoms with E-state index in [1.54, 1.807) is 0 Å². The van der Waals surface area contributed by atoms with E-state index in [4.69, 9.17) is 5.73 Å². The summed E-state index contributed by atoms with van der Waals surface area (Å²) in [5, 5.41) is 0. The molecule has 0 heterocycles. The first kappa shape index (κ1) is 16.0.